The van der Waals surface area contributed by atoms with Gasteiger partial charge in [0.15, 0.2) is 0 Å². The molecule has 1 heteroatoms. The summed E-state index contributed by atoms with van der Waals surface area (Å²) in [4.78, 5) is 2.38. The van der Waals surface area contributed by atoms with Gasteiger partial charge in [-0.2, -0.15) is 0 Å². The van der Waals surface area contributed by atoms with Gasteiger partial charge < -0.3 is 4.90 Å². The van der Waals surface area contributed by atoms with E-state index >= 15 is 0 Å². The van der Waals surface area contributed by atoms with Gasteiger partial charge in [-0.05, 0) is 119 Å². The normalized spacial score (nSPS) is 11.4. The van der Waals surface area contributed by atoms with Gasteiger partial charge in [0.1, 0.15) is 0 Å². The molecule has 0 saturated heterocycles. The van der Waals surface area contributed by atoms with Crippen LogP contribution in [0.4, 0.5) is 17.1 Å². The van der Waals surface area contributed by atoms with E-state index in [2.05, 4.69) is 217 Å². The number of nitrogens with zero attached hydrogens (tertiary/aromatic N) is 1. The standard InChI is InChI=1S/C52H35N/c1-2-10-36(11-3-1)41-26-32-51-42(34-41)20-21-43-35-46(31-33-52(43)51)53(44-27-22-39(23-28-44)49-18-8-14-37-12-4-6-16-47(37)49)45-29-24-40(25-30-45)50-19-9-15-38-13-5-7-17-48(38)50/h1-35H. The highest BCUT2D eigenvalue weighted by Crippen LogP contribution is 2.40. The SMILES string of the molecule is c1ccc(-c2ccc3c(ccc4cc(N(c5ccc(-c6cccc7ccccc67)cc5)c5ccc(-c6cccc7ccccc67)cc5)ccc43)c2)cc1. The minimum atomic E-state index is 1.11. The molecule has 53 heavy (non-hydrogen) atoms. The van der Waals surface area contributed by atoms with E-state index in [0.29, 0.717) is 0 Å². The average molecular weight is 674 g/mol. The first kappa shape index (κ1) is 30.8. The van der Waals surface area contributed by atoms with Crippen molar-refractivity contribution in [3.8, 4) is 33.4 Å². The van der Waals surface area contributed by atoms with Crippen molar-refractivity contribution in [2.75, 3.05) is 4.90 Å². The lowest BCUT2D eigenvalue weighted by Crippen LogP contribution is -2.09. The molecule has 0 radical (unpaired) electrons. The second kappa shape index (κ2) is 13.0. The van der Waals surface area contributed by atoms with Crippen molar-refractivity contribution in [2.24, 2.45) is 0 Å². The summed E-state index contributed by atoms with van der Waals surface area (Å²) >= 11 is 0. The predicted molar refractivity (Wildman–Crippen MR) is 227 cm³/mol. The minimum Gasteiger partial charge on any atom is -0.310 e. The van der Waals surface area contributed by atoms with Gasteiger partial charge in [-0.3, -0.25) is 0 Å². The first-order valence-electron chi connectivity index (χ1n) is 18.3. The Morgan fingerprint density at radius 1 is 0.226 bits per heavy atom. The molecule has 0 fully saturated rings. The van der Waals surface area contributed by atoms with E-state index in [9.17, 15) is 0 Å². The smallest absolute Gasteiger partial charge is 0.0468 e. The van der Waals surface area contributed by atoms with Crippen molar-refractivity contribution in [1.29, 1.82) is 0 Å². The summed E-state index contributed by atoms with van der Waals surface area (Å²) in [5.41, 5.74) is 10.7. The van der Waals surface area contributed by atoms with E-state index in [1.165, 1.54) is 76.5 Å². The maximum absolute atomic E-state index is 2.38. The van der Waals surface area contributed by atoms with Gasteiger partial charge in [0, 0.05) is 17.1 Å². The Labute approximate surface area is 309 Å². The molecule has 10 aromatic carbocycles. The van der Waals surface area contributed by atoms with Crippen LogP contribution in [0.15, 0.2) is 212 Å². The highest BCUT2D eigenvalue weighted by Gasteiger charge is 2.16. The second-order valence-corrected chi connectivity index (χ2v) is 13.8. The molecule has 0 N–H and O–H groups in total. The summed E-state index contributed by atoms with van der Waals surface area (Å²) < 4.78 is 0. The molecule has 0 heterocycles. The Morgan fingerprint density at radius 2 is 0.679 bits per heavy atom. The third kappa shape index (κ3) is 5.60. The summed E-state index contributed by atoms with van der Waals surface area (Å²) in [7, 11) is 0. The van der Waals surface area contributed by atoms with Crippen LogP contribution < -0.4 is 4.90 Å². The number of fused-ring (bicyclic) bond motifs is 5. The molecule has 0 aliphatic heterocycles. The molecular formula is C52H35N. The van der Waals surface area contributed by atoms with Crippen LogP contribution >= 0.6 is 0 Å². The molecule has 0 aliphatic carbocycles. The first-order valence-corrected chi connectivity index (χ1v) is 18.3. The van der Waals surface area contributed by atoms with Crippen LogP contribution in [0.2, 0.25) is 0 Å². The second-order valence-electron chi connectivity index (χ2n) is 13.8. The summed E-state index contributed by atoms with van der Waals surface area (Å²) in [6, 6.07) is 77.2. The van der Waals surface area contributed by atoms with Gasteiger partial charge in [0.25, 0.3) is 0 Å². The fourth-order valence-corrected chi connectivity index (χ4v) is 7.99. The zero-order valence-corrected chi connectivity index (χ0v) is 29.2. The Morgan fingerprint density at radius 3 is 1.26 bits per heavy atom. The van der Waals surface area contributed by atoms with E-state index < -0.39 is 0 Å². The number of rotatable bonds is 6. The zero-order chi connectivity index (χ0) is 35.1. The van der Waals surface area contributed by atoms with E-state index in [1.807, 2.05) is 0 Å². The Balaban J connectivity index is 1.08. The Hall–Kier alpha value is -6.96. The van der Waals surface area contributed by atoms with Crippen molar-refractivity contribution in [3.63, 3.8) is 0 Å². The third-order valence-corrected chi connectivity index (χ3v) is 10.6. The van der Waals surface area contributed by atoms with Crippen LogP contribution in [0.25, 0.3) is 76.5 Å². The molecule has 0 saturated carbocycles. The van der Waals surface area contributed by atoms with Crippen LogP contribution in [0.1, 0.15) is 0 Å². The lowest BCUT2D eigenvalue weighted by atomic mass is 9.96. The summed E-state index contributed by atoms with van der Waals surface area (Å²) in [5.74, 6) is 0. The fraction of sp³-hybridized carbons (Fsp3) is 0. The Kier molecular flexibility index (Phi) is 7.55. The quantitative estimate of drug-likeness (QED) is 0.159. The van der Waals surface area contributed by atoms with Crippen molar-refractivity contribution in [2.45, 2.75) is 0 Å². The fourth-order valence-electron chi connectivity index (χ4n) is 7.99. The summed E-state index contributed by atoms with van der Waals surface area (Å²) in [6.45, 7) is 0. The molecule has 10 rings (SSSR count). The molecule has 0 aliphatic rings. The van der Waals surface area contributed by atoms with E-state index in [-0.39, 0.29) is 0 Å². The lowest BCUT2D eigenvalue weighted by molar-refractivity contribution is 1.29. The highest BCUT2D eigenvalue weighted by atomic mass is 15.1. The number of hydrogen-bond donors (Lipinski definition) is 0. The average Bonchev–Trinajstić information content (AvgIpc) is 3.24. The first-order chi connectivity index (χ1) is 26.3. The molecule has 1 nitrogen and oxygen atoms in total. The number of benzene rings is 10. The van der Waals surface area contributed by atoms with Crippen molar-refractivity contribution in [1.82, 2.24) is 0 Å². The predicted octanol–water partition coefficient (Wildman–Crippen LogP) is 14.8. The van der Waals surface area contributed by atoms with E-state index in [4.69, 9.17) is 0 Å². The van der Waals surface area contributed by atoms with Gasteiger partial charge in [-0.15, -0.1) is 0 Å². The summed E-state index contributed by atoms with van der Waals surface area (Å²) in [6.07, 6.45) is 0. The van der Waals surface area contributed by atoms with Crippen molar-refractivity contribution in [3.05, 3.63) is 212 Å². The molecule has 0 spiro atoms. The monoisotopic (exact) mass is 673 g/mol. The van der Waals surface area contributed by atoms with Crippen LogP contribution in [0.5, 0.6) is 0 Å². The maximum Gasteiger partial charge on any atom is 0.0468 e. The van der Waals surface area contributed by atoms with Crippen molar-refractivity contribution >= 4 is 60.2 Å². The van der Waals surface area contributed by atoms with Crippen LogP contribution in [-0.2, 0) is 0 Å². The van der Waals surface area contributed by atoms with Gasteiger partial charge >= 0.3 is 0 Å². The zero-order valence-electron chi connectivity index (χ0n) is 29.2. The maximum atomic E-state index is 2.38. The minimum absolute atomic E-state index is 1.11. The molecule has 10 aromatic rings. The molecule has 0 unspecified atom stereocenters. The molecule has 0 aromatic heterocycles. The largest absolute Gasteiger partial charge is 0.310 e. The van der Waals surface area contributed by atoms with Gasteiger partial charge in [0.05, 0.1) is 0 Å². The van der Waals surface area contributed by atoms with E-state index in [0.717, 1.165) is 17.1 Å². The van der Waals surface area contributed by atoms with Crippen LogP contribution in [-0.4, -0.2) is 0 Å². The molecule has 0 atom stereocenters. The highest BCUT2D eigenvalue weighted by molar-refractivity contribution is 6.09. The summed E-state index contributed by atoms with van der Waals surface area (Å²) in [5, 5.41) is 10.0. The molecular weight excluding hydrogens is 639 g/mol. The Bertz CT molecular complexity index is 2790. The van der Waals surface area contributed by atoms with Crippen LogP contribution in [0.3, 0.4) is 0 Å². The van der Waals surface area contributed by atoms with Gasteiger partial charge in [-0.1, -0.05) is 170 Å². The van der Waals surface area contributed by atoms with Gasteiger partial charge in [0.2, 0.25) is 0 Å². The third-order valence-electron chi connectivity index (χ3n) is 10.6. The van der Waals surface area contributed by atoms with Crippen molar-refractivity contribution < 1.29 is 0 Å². The van der Waals surface area contributed by atoms with Gasteiger partial charge in [-0.25, -0.2) is 0 Å². The molecule has 0 bridgehead atoms. The topological polar surface area (TPSA) is 3.24 Å². The molecule has 0 amide bonds. The molecule has 248 valence electrons. The van der Waals surface area contributed by atoms with E-state index in [1.54, 1.807) is 0 Å². The number of anilines is 3. The number of hydrogen-bond acceptors (Lipinski definition) is 1. The van der Waals surface area contributed by atoms with Crippen LogP contribution in [0, 0.1) is 0 Å². The lowest BCUT2D eigenvalue weighted by Gasteiger charge is -2.26.